The number of carbonyl (C=O) groups excluding carboxylic acids is 1. The van der Waals surface area contributed by atoms with E-state index in [-0.39, 0.29) is 5.91 Å². The summed E-state index contributed by atoms with van der Waals surface area (Å²) < 4.78 is 1.85. The maximum absolute atomic E-state index is 12.3. The number of likely N-dealkylation sites (tertiary alicyclic amines) is 1. The van der Waals surface area contributed by atoms with Crippen LogP contribution in [0.15, 0.2) is 35.8 Å². The van der Waals surface area contributed by atoms with Crippen LogP contribution in [0.25, 0.3) is 0 Å². The highest BCUT2D eigenvalue weighted by Crippen LogP contribution is 2.27. The van der Waals surface area contributed by atoms with Crippen molar-refractivity contribution >= 4 is 17.2 Å². The van der Waals surface area contributed by atoms with E-state index in [4.69, 9.17) is 0 Å². The van der Waals surface area contributed by atoms with Crippen LogP contribution in [0.4, 0.5) is 0 Å². The largest absolute Gasteiger partial charge is 0.349 e. The van der Waals surface area contributed by atoms with Gasteiger partial charge in [0.05, 0.1) is 6.04 Å². The molecule has 0 radical (unpaired) electrons. The fourth-order valence-electron chi connectivity index (χ4n) is 2.92. The van der Waals surface area contributed by atoms with Crippen molar-refractivity contribution in [3.8, 4) is 0 Å². The summed E-state index contributed by atoms with van der Waals surface area (Å²) in [6, 6.07) is 8.30. The van der Waals surface area contributed by atoms with Gasteiger partial charge in [-0.2, -0.15) is 0 Å². The van der Waals surface area contributed by atoms with Gasteiger partial charge in [-0.05, 0) is 49.5 Å². The molecule has 112 valence electrons. The molecule has 1 aliphatic heterocycles. The highest BCUT2D eigenvalue weighted by Gasteiger charge is 2.25. The molecule has 4 nitrogen and oxygen atoms in total. The lowest BCUT2D eigenvalue weighted by molar-refractivity contribution is 0.0930. The van der Waals surface area contributed by atoms with Gasteiger partial charge in [0.2, 0.25) is 0 Å². The van der Waals surface area contributed by atoms with E-state index in [0.29, 0.717) is 18.3 Å². The summed E-state index contributed by atoms with van der Waals surface area (Å²) in [5.74, 6) is 0.00301. The van der Waals surface area contributed by atoms with Crippen LogP contribution in [0.3, 0.4) is 0 Å². The second-order valence-electron chi connectivity index (χ2n) is 5.49. The zero-order valence-corrected chi connectivity index (χ0v) is 13.1. The molecule has 5 heteroatoms. The summed E-state index contributed by atoms with van der Waals surface area (Å²) >= 11 is 1.77. The van der Waals surface area contributed by atoms with Crippen LogP contribution in [0.1, 0.15) is 34.2 Å². The Balaban J connectivity index is 1.67. The van der Waals surface area contributed by atoms with Gasteiger partial charge in [0.1, 0.15) is 5.69 Å². The third-order valence-electron chi connectivity index (χ3n) is 4.09. The number of hydrogen-bond acceptors (Lipinski definition) is 3. The van der Waals surface area contributed by atoms with Crippen LogP contribution in [-0.4, -0.2) is 35.0 Å². The highest BCUT2D eigenvalue weighted by molar-refractivity contribution is 7.10. The van der Waals surface area contributed by atoms with Crippen molar-refractivity contribution in [1.82, 2.24) is 14.8 Å². The monoisotopic (exact) mass is 303 g/mol. The minimum atomic E-state index is 0.00301. The van der Waals surface area contributed by atoms with Crippen LogP contribution < -0.4 is 5.32 Å². The summed E-state index contributed by atoms with van der Waals surface area (Å²) in [6.45, 7) is 2.93. The number of carbonyl (C=O) groups is 1. The van der Waals surface area contributed by atoms with E-state index in [0.717, 1.165) is 13.1 Å². The molecule has 2 aromatic heterocycles. The topological polar surface area (TPSA) is 37.3 Å². The predicted octanol–water partition coefficient (Wildman–Crippen LogP) is 2.65. The number of hydrogen-bond donors (Lipinski definition) is 1. The van der Waals surface area contributed by atoms with E-state index in [1.165, 1.54) is 17.7 Å². The van der Waals surface area contributed by atoms with E-state index < -0.39 is 0 Å². The standard InChI is InChI=1S/C16H21N3OS/c1-18-8-4-6-13(18)16(20)17-12-14(15-7-5-11-21-15)19-9-2-3-10-19/h4-8,11,14H,2-3,9-10,12H2,1H3,(H,17,20). The SMILES string of the molecule is Cn1cccc1C(=O)NCC(c1cccs1)N1CCCC1. The zero-order chi connectivity index (χ0) is 14.7. The van der Waals surface area contributed by atoms with Crippen molar-refractivity contribution in [1.29, 1.82) is 0 Å². The molecule has 1 atom stereocenters. The average molecular weight is 303 g/mol. The molecule has 1 N–H and O–H groups in total. The molecule has 0 bridgehead atoms. The van der Waals surface area contributed by atoms with E-state index in [9.17, 15) is 4.79 Å². The molecule has 1 saturated heterocycles. The summed E-state index contributed by atoms with van der Waals surface area (Å²) in [4.78, 5) is 16.1. The molecule has 1 fully saturated rings. The normalized spacial score (nSPS) is 17.0. The average Bonchev–Trinajstić information content (AvgIpc) is 3.21. The summed E-state index contributed by atoms with van der Waals surface area (Å²) in [7, 11) is 1.89. The molecule has 1 amide bonds. The molecule has 3 heterocycles. The Labute approximate surface area is 129 Å². The van der Waals surface area contributed by atoms with Crippen LogP contribution in [-0.2, 0) is 7.05 Å². The predicted molar refractivity (Wildman–Crippen MR) is 85.6 cm³/mol. The van der Waals surface area contributed by atoms with Crippen LogP contribution in [0.2, 0.25) is 0 Å². The third kappa shape index (κ3) is 3.19. The molecule has 21 heavy (non-hydrogen) atoms. The first-order chi connectivity index (χ1) is 10.3. The smallest absolute Gasteiger partial charge is 0.267 e. The number of nitrogens with one attached hydrogen (secondary N) is 1. The summed E-state index contributed by atoms with van der Waals surface area (Å²) in [6.07, 6.45) is 4.41. The molecule has 0 saturated carbocycles. The minimum absolute atomic E-state index is 0.00301. The molecule has 0 aliphatic carbocycles. The molecular formula is C16H21N3OS. The quantitative estimate of drug-likeness (QED) is 0.922. The molecule has 3 rings (SSSR count). The first-order valence-electron chi connectivity index (χ1n) is 7.42. The van der Waals surface area contributed by atoms with Crippen molar-refractivity contribution in [2.24, 2.45) is 7.05 Å². The van der Waals surface area contributed by atoms with Crippen LogP contribution >= 0.6 is 11.3 Å². The van der Waals surface area contributed by atoms with Gasteiger partial charge in [-0.1, -0.05) is 6.07 Å². The van der Waals surface area contributed by atoms with Gasteiger partial charge in [-0.15, -0.1) is 11.3 Å². The fourth-order valence-corrected chi connectivity index (χ4v) is 3.78. The number of rotatable bonds is 5. The zero-order valence-electron chi connectivity index (χ0n) is 12.3. The van der Waals surface area contributed by atoms with Gasteiger partial charge in [-0.3, -0.25) is 9.69 Å². The van der Waals surface area contributed by atoms with Crippen molar-refractivity contribution in [2.75, 3.05) is 19.6 Å². The number of nitrogens with zero attached hydrogens (tertiary/aromatic N) is 2. The van der Waals surface area contributed by atoms with Gasteiger partial charge in [0, 0.05) is 24.7 Å². The van der Waals surface area contributed by atoms with Crippen LogP contribution in [0.5, 0.6) is 0 Å². The van der Waals surface area contributed by atoms with Crippen molar-refractivity contribution in [3.63, 3.8) is 0 Å². The van der Waals surface area contributed by atoms with Crippen LogP contribution in [0, 0.1) is 0 Å². The number of aryl methyl sites for hydroxylation is 1. The Morgan fingerprint density at radius 2 is 2.14 bits per heavy atom. The molecule has 1 unspecified atom stereocenters. The number of aromatic nitrogens is 1. The number of thiophene rings is 1. The van der Waals surface area contributed by atoms with Gasteiger partial charge >= 0.3 is 0 Å². The molecule has 0 spiro atoms. The first kappa shape index (κ1) is 14.4. The van der Waals surface area contributed by atoms with Crippen molar-refractivity contribution < 1.29 is 4.79 Å². The third-order valence-corrected chi connectivity index (χ3v) is 5.06. The molecule has 1 aliphatic rings. The van der Waals surface area contributed by atoms with E-state index >= 15 is 0 Å². The maximum atomic E-state index is 12.3. The highest BCUT2D eigenvalue weighted by atomic mass is 32.1. The summed E-state index contributed by atoms with van der Waals surface area (Å²) in [5, 5.41) is 5.20. The Morgan fingerprint density at radius 1 is 1.33 bits per heavy atom. The van der Waals surface area contributed by atoms with Crippen molar-refractivity contribution in [2.45, 2.75) is 18.9 Å². The van der Waals surface area contributed by atoms with Gasteiger partial charge in [-0.25, -0.2) is 0 Å². The lowest BCUT2D eigenvalue weighted by atomic mass is 10.2. The second-order valence-corrected chi connectivity index (χ2v) is 6.47. The van der Waals surface area contributed by atoms with Gasteiger partial charge in [0.25, 0.3) is 5.91 Å². The van der Waals surface area contributed by atoms with E-state index in [1.54, 1.807) is 11.3 Å². The maximum Gasteiger partial charge on any atom is 0.267 e. The molecule has 0 aromatic carbocycles. The Hall–Kier alpha value is -1.59. The molecular weight excluding hydrogens is 282 g/mol. The Morgan fingerprint density at radius 3 is 2.76 bits per heavy atom. The van der Waals surface area contributed by atoms with E-state index in [2.05, 4.69) is 27.7 Å². The lowest BCUT2D eigenvalue weighted by Crippen LogP contribution is -2.36. The Kier molecular flexibility index (Phi) is 4.41. The first-order valence-corrected chi connectivity index (χ1v) is 8.30. The molecule has 2 aromatic rings. The Bertz CT molecular complexity index is 584. The minimum Gasteiger partial charge on any atom is -0.349 e. The van der Waals surface area contributed by atoms with Gasteiger partial charge in [0.15, 0.2) is 0 Å². The second kappa shape index (κ2) is 6.45. The van der Waals surface area contributed by atoms with Crippen molar-refractivity contribution in [3.05, 3.63) is 46.4 Å². The van der Waals surface area contributed by atoms with Gasteiger partial charge < -0.3 is 9.88 Å². The lowest BCUT2D eigenvalue weighted by Gasteiger charge is -2.26. The number of amides is 1. The van der Waals surface area contributed by atoms with E-state index in [1.807, 2.05) is 29.9 Å². The fraction of sp³-hybridized carbons (Fsp3) is 0.438. The summed E-state index contributed by atoms with van der Waals surface area (Å²) in [5.41, 5.74) is 0.710.